The second kappa shape index (κ2) is 6.94. The van der Waals surface area contributed by atoms with E-state index in [1.165, 1.54) is 0 Å². The first-order chi connectivity index (χ1) is 8.40. The number of hydrogen-bond acceptors (Lipinski definition) is 3. The Morgan fingerprint density at radius 2 is 1.89 bits per heavy atom. The molecule has 18 heavy (non-hydrogen) atoms. The summed E-state index contributed by atoms with van der Waals surface area (Å²) >= 11 is 0. The van der Waals surface area contributed by atoms with E-state index in [9.17, 15) is 18.0 Å². The fourth-order valence-corrected chi connectivity index (χ4v) is 1.96. The van der Waals surface area contributed by atoms with Crippen molar-refractivity contribution in [3.05, 3.63) is 0 Å². The molecule has 0 aromatic heterocycles. The minimum Gasteiger partial charge on any atom is -0.368 e. The number of alkyl halides is 3. The van der Waals surface area contributed by atoms with E-state index < -0.39 is 18.6 Å². The lowest BCUT2D eigenvalue weighted by atomic mass is 9.93. The Morgan fingerprint density at radius 3 is 2.39 bits per heavy atom. The monoisotopic (exact) mass is 268 g/mol. The van der Waals surface area contributed by atoms with Crippen LogP contribution in [0.3, 0.4) is 0 Å². The van der Waals surface area contributed by atoms with Crippen molar-refractivity contribution < 1.29 is 22.7 Å². The molecule has 4 nitrogen and oxygen atoms in total. The van der Waals surface area contributed by atoms with Crippen LogP contribution in [0.2, 0.25) is 0 Å². The predicted molar refractivity (Wildman–Crippen MR) is 60.1 cm³/mol. The molecule has 0 bridgehead atoms. The number of carbonyl (C=O) groups excluding carboxylic acids is 1. The molecule has 1 rings (SSSR count). The Balaban J connectivity index is 2.12. The normalized spacial score (nSPS) is 24.9. The number of rotatable bonds is 5. The van der Waals surface area contributed by atoms with Gasteiger partial charge in [-0.05, 0) is 32.7 Å². The van der Waals surface area contributed by atoms with E-state index in [4.69, 9.17) is 4.74 Å². The van der Waals surface area contributed by atoms with Gasteiger partial charge in [0.1, 0.15) is 13.2 Å². The standard InChI is InChI=1S/C11H19F3N2O2/c1-15-8-2-4-9(5-3-8)18-6-10(17)16-7-11(12,13)14/h8-9,15H,2-7H2,1H3,(H,16,17). The van der Waals surface area contributed by atoms with Gasteiger partial charge in [0, 0.05) is 6.04 Å². The summed E-state index contributed by atoms with van der Waals surface area (Å²) in [6.45, 7) is -1.60. The molecule has 0 unspecified atom stereocenters. The average Bonchev–Trinajstić information content (AvgIpc) is 2.33. The van der Waals surface area contributed by atoms with Gasteiger partial charge in [-0.3, -0.25) is 4.79 Å². The molecule has 1 aliphatic rings. The van der Waals surface area contributed by atoms with Crippen molar-refractivity contribution >= 4 is 5.91 Å². The molecule has 0 atom stereocenters. The lowest BCUT2D eigenvalue weighted by Gasteiger charge is -2.28. The Kier molecular flexibility index (Phi) is 5.87. The molecule has 0 aromatic rings. The summed E-state index contributed by atoms with van der Waals surface area (Å²) in [4.78, 5) is 11.1. The number of carbonyl (C=O) groups is 1. The van der Waals surface area contributed by atoms with Crippen LogP contribution in [0.15, 0.2) is 0 Å². The van der Waals surface area contributed by atoms with Gasteiger partial charge in [-0.25, -0.2) is 0 Å². The lowest BCUT2D eigenvalue weighted by molar-refractivity contribution is -0.142. The maximum absolute atomic E-state index is 11.8. The smallest absolute Gasteiger partial charge is 0.368 e. The van der Waals surface area contributed by atoms with Crippen molar-refractivity contribution in [3.63, 3.8) is 0 Å². The van der Waals surface area contributed by atoms with Gasteiger partial charge >= 0.3 is 6.18 Å². The van der Waals surface area contributed by atoms with Crippen LogP contribution in [0.25, 0.3) is 0 Å². The van der Waals surface area contributed by atoms with Crippen molar-refractivity contribution in [1.29, 1.82) is 0 Å². The molecule has 2 N–H and O–H groups in total. The van der Waals surface area contributed by atoms with E-state index >= 15 is 0 Å². The molecule has 0 radical (unpaired) electrons. The van der Waals surface area contributed by atoms with Crippen LogP contribution in [-0.2, 0) is 9.53 Å². The zero-order chi connectivity index (χ0) is 13.6. The quantitative estimate of drug-likeness (QED) is 0.788. The summed E-state index contributed by atoms with van der Waals surface area (Å²) in [5.41, 5.74) is 0. The molecule has 1 amide bonds. The summed E-state index contributed by atoms with van der Waals surface area (Å²) in [6.07, 6.45) is -0.806. The molecule has 1 fully saturated rings. The van der Waals surface area contributed by atoms with Crippen LogP contribution in [0.5, 0.6) is 0 Å². The molecule has 0 saturated heterocycles. The zero-order valence-corrected chi connectivity index (χ0v) is 10.3. The molecule has 0 spiro atoms. The van der Waals surface area contributed by atoms with Crippen LogP contribution in [0.4, 0.5) is 13.2 Å². The molecule has 106 valence electrons. The van der Waals surface area contributed by atoms with Crippen LogP contribution in [0, 0.1) is 0 Å². The number of amides is 1. The zero-order valence-electron chi connectivity index (χ0n) is 10.3. The molecule has 7 heteroatoms. The molecule has 0 aliphatic heterocycles. The molecular weight excluding hydrogens is 249 g/mol. The minimum atomic E-state index is -4.37. The molecule has 1 aliphatic carbocycles. The largest absolute Gasteiger partial charge is 0.405 e. The third kappa shape index (κ3) is 6.20. The predicted octanol–water partition coefficient (Wildman–Crippen LogP) is 1.21. The number of hydrogen-bond donors (Lipinski definition) is 2. The fourth-order valence-electron chi connectivity index (χ4n) is 1.96. The number of ether oxygens (including phenoxy) is 1. The summed E-state index contributed by atoms with van der Waals surface area (Å²) in [6, 6.07) is 0.476. The van der Waals surface area contributed by atoms with E-state index in [0.29, 0.717) is 6.04 Å². The Bertz CT molecular complexity index is 264. The Labute approximate surface area is 104 Å². The van der Waals surface area contributed by atoms with Gasteiger partial charge in [0.25, 0.3) is 0 Å². The van der Waals surface area contributed by atoms with Gasteiger partial charge in [-0.15, -0.1) is 0 Å². The van der Waals surface area contributed by atoms with E-state index in [1.54, 1.807) is 5.32 Å². The highest BCUT2D eigenvalue weighted by Gasteiger charge is 2.28. The summed E-state index contributed by atoms with van der Waals surface area (Å²) in [5, 5.41) is 4.95. The van der Waals surface area contributed by atoms with Gasteiger partial charge < -0.3 is 15.4 Å². The highest BCUT2D eigenvalue weighted by atomic mass is 19.4. The first-order valence-corrected chi connectivity index (χ1v) is 6.03. The molecule has 1 saturated carbocycles. The second-order valence-corrected chi connectivity index (χ2v) is 4.47. The Hall–Kier alpha value is -0.820. The maximum Gasteiger partial charge on any atom is 0.405 e. The van der Waals surface area contributed by atoms with Crippen molar-refractivity contribution in [2.45, 2.75) is 44.0 Å². The van der Waals surface area contributed by atoms with Gasteiger partial charge in [-0.2, -0.15) is 13.2 Å². The van der Waals surface area contributed by atoms with Crippen molar-refractivity contribution in [2.75, 3.05) is 20.2 Å². The first-order valence-electron chi connectivity index (χ1n) is 6.03. The summed E-state index contributed by atoms with van der Waals surface area (Å²) < 4.78 is 40.8. The van der Waals surface area contributed by atoms with Crippen molar-refractivity contribution in [1.82, 2.24) is 10.6 Å². The number of nitrogens with one attached hydrogen (secondary N) is 2. The van der Waals surface area contributed by atoms with Crippen LogP contribution >= 0.6 is 0 Å². The van der Waals surface area contributed by atoms with Crippen molar-refractivity contribution in [2.24, 2.45) is 0 Å². The SMILES string of the molecule is CNC1CCC(OCC(=O)NCC(F)(F)F)CC1. The van der Waals surface area contributed by atoms with E-state index in [1.807, 2.05) is 7.05 Å². The average molecular weight is 268 g/mol. The fraction of sp³-hybridized carbons (Fsp3) is 0.909. The highest BCUT2D eigenvalue weighted by molar-refractivity contribution is 5.77. The van der Waals surface area contributed by atoms with Gasteiger partial charge in [0.2, 0.25) is 5.91 Å². The second-order valence-electron chi connectivity index (χ2n) is 4.47. The summed E-state index contributed by atoms with van der Waals surface area (Å²) in [7, 11) is 1.90. The van der Waals surface area contributed by atoms with Gasteiger partial charge in [0.05, 0.1) is 6.10 Å². The Morgan fingerprint density at radius 1 is 1.28 bits per heavy atom. The number of halogens is 3. The van der Waals surface area contributed by atoms with Gasteiger partial charge in [-0.1, -0.05) is 0 Å². The van der Waals surface area contributed by atoms with E-state index in [-0.39, 0.29) is 12.7 Å². The highest BCUT2D eigenvalue weighted by Crippen LogP contribution is 2.20. The third-order valence-corrected chi connectivity index (χ3v) is 3.02. The lowest BCUT2D eigenvalue weighted by Crippen LogP contribution is -2.38. The van der Waals surface area contributed by atoms with E-state index in [2.05, 4.69) is 5.32 Å². The molecule has 0 aromatic carbocycles. The topological polar surface area (TPSA) is 50.4 Å². The van der Waals surface area contributed by atoms with Crippen LogP contribution < -0.4 is 10.6 Å². The first kappa shape index (κ1) is 15.2. The minimum absolute atomic E-state index is 0.0220. The van der Waals surface area contributed by atoms with Crippen molar-refractivity contribution in [3.8, 4) is 0 Å². The third-order valence-electron chi connectivity index (χ3n) is 3.02. The molecule has 0 heterocycles. The van der Waals surface area contributed by atoms with E-state index in [0.717, 1.165) is 25.7 Å². The molecular formula is C11H19F3N2O2. The van der Waals surface area contributed by atoms with Crippen LogP contribution in [-0.4, -0.2) is 44.4 Å². The maximum atomic E-state index is 11.8. The summed E-state index contributed by atoms with van der Waals surface area (Å²) in [5.74, 6) is -0.719. The van der Waals surface area contributed by atoms with Crippen LogP contribution in [0.1, 0.15) is 25.7 Å². The van der Waals surface area contributed by atoms with Gasteiger partial charge in [0.15, 0.2) is 0 Å².